The van der Waals surface area contributed by atoms with Crippen molar-refractivity contribution in [2.45, 2.75) is 6.92 Å². The smallest absolute Gasteiger partial charge is 0.338 e. The maximum absolute atomic E-state index is 11.1. The van der Waals surface area contributed by atoms with E-state index < -0.39 is 0 Å². The van der Waals surface area contributed by atoms with Crippen molar-refractivity contribution in [1.82, 2.24) is 0 Å². The number of hydrogen-bond acceptors (Lipinski definition) is 3. The van der Waals surface area contributed by atoms with Gasteiger partial charge in [-0.3, -0.25) is 0 Å². The van der Waals surface area contributed by atoms with E-state index in [-0.39, 0.29) is 5.97 Å². The van der Waals surface area contributed by atoms with Crippen LogP contribution >= 0.6 is 11.6 Å². The van der Waals surface area contributed by atoms with E-state index >= 15 is 0 Å². The Bertz CT molecular complexity index is 574. The van der Waals surface area contributed by atoms with E-state index in [9.17, 15) is 4.79 Å². The fourth-order valence-corrected chi connectivity index (χ4v) is 1.44. The highest BCUT2D eigenvalue weighted by Crippen LogP contribution is 2.10. The van der Waals surface area contributed by atoms with Crippen LogP contribution in [0.5, 0.6) is 0 Å². The summed E-state index contributed by atoms with van der Waals surface area (Å²) in [6, 6.07) is 17.8. The zero-order valence-corrected chi connectivity index (χ0v) is 11.8. The Kier molecular flexibility index (Phi) is 6.88. The van der Waals surface area contributed by atoms with Gasteiger partial charge in [-0.15, -0.1) is 0 Å². The molecule has 0 N–H and O–H groups in total. The summed E-state index contributed by atoms with van der Waals surface area (Å²) < 4.78 is 4.79. The number of carbonyl (C=O) groups excluding carboxylic acids is 1. The molecular weight excluding hydrogens is 274 g/mol. The summed E-state index contributed by atoms with van der Waals surface area (Å²) in [5.41, 5.74) is 1.24. The minimum absolute atomic E-state index is 0.311. The lowest BCUT2D eigenvalue weighted by Gasteiger charge is -2.00. The highest BCUT2D eigenvalue weighted by molar-refractivity contribution is 6.30. The molecule has 0 heterocycles. The average Bonchev–Trinajstić information content (AvgIpc) is 2.49. The molecule has 0 aromatic heterocycles. The third-order valence-corrected chi connectivity index (χ3v) is 2.51. The second-order valence-corrected chi connectivity index (χ2v) is 4.14. The largest absolute Gasteiger partial charge is 0.462 e. The zero-order valence-electron chi connectivity index (χ0n) is 11.0. The van der Waals surface area contributed by atoms with Gasteiger partial charge in [0.05, 0.1) is 23.8 Å². The van der Waals surface area contributed by atoms with Gasteiger partial charge in [0.15, 0.2) is 0 Å². The van der Waals surface area contributed by atoms with Crippen LogP contribution in [0, 0.1) is 11.3 Å². The Morgan fingerprint density at radius 3 is 2.20 bits per heavy atom. The predicted octanol–water partition coefficient (Wildman–Crippen LogP) is 4.07. The second kappa shape index (κ2) is 8.73. The van der Waals surface area contributed by atoms with E-state index in [2.05, 4.69) is 0 Å². The average molecular weight is 288 g/mol. The maximum atomic E-state index is 11.1. The van der Waals surface area contributed by atoms with Gasteiger partial charge in [-0.05, 0) is 43.3 Å². The van der Waals surface area contributed by atoms with Crippen molar-refractivity contribution in [3.63, 3.8) is 0 Å². The highest BCUT2D eigenvalue weighted by atomic mass is 35.5. The van der Waals surface area contributed by atoms with Crippen molar-refractivity contribution in [1.29, 1.82) is 5.26 Å². The van der Waals surface area contributed by atoms with Crippen molar-refractivity contribution in [3.8, 4) is 6.07 Å². The molecule has 0 spiro atoms. The molecule has 3 nitrogen and oxygen atoms in total. The monoisotopic (exact) mass is 287 g/mol. The van der Waals surface area contributed by atoms with Crippen LogP contribution in [0.3, 0.4) is 0 Å². The summed E-state index contributed by atoms with van der Waals surface area (Å²) in [6.45, 7) is 2.16. The highest BCUT2D eigenvalue weighted by Gasteiger charge is 2.04. The van der Waals surface area contributed by atoms with Gasteiger partial charge in [0.2, 0.25) is 0 Å². The molecule has 0 saturated carbocycles. The molecule has 0 amide bonds. The van der Waals surface area contributed by atoms with Crippen LogP contribution in [-0.4, -0.2) is 12.6 Å². The molecule has 4 heteroatoms. The first-order chi connectivity index (χ1) is 9.67. The van der Waals surface area contributed by atoms with Crippen LogP contribution in [0.15, 0.2) is 54.6 Å². The molecule has 2 aromatic rings. The van der Waals surface area contributed by atoms with Crippen LogP contribution < -0.4 is 0 Å². The van der Waals surface area contributed by atoms with Crippen molar-refractivity contribution in [2.75, 3.05) is 6.61 Å². The van der Waals surface area contributed by atoms with E-state index in [0.717, 1.165) is 0 Å². The Hall–Kier alpha value is -2.31. The van der Waals surface area contributed by atoms with Crippen molar-refractivity contribution >= 4 is 17.6 Å². The summed E-state index contributed by atoms with van der Waals surface area (Å²) in [5.74, 6) is -0.311. The van der Waals surface area contributed by atoms with E-state index in [1.165, 1.54) is 0 Å². The lowest BCUT2D eigenvalue weighted by Crippen LogP contribution is -2.03. The van der Waals surface area contributed by atoms with Crippen LogP contribution in [-0.2, 0) is 4.74 Å². The molecule has 0 unspecified atom stereocenters. The molecule has 0 fully saturated rings. The van der Waals surface area contributed by atoms with E-state index in [4.69, 9.17) is 21.6 Å². The number of ether oxygens (including phenoxy) is 1. The van der Waals surface area contributed by atoms with E-state index in [0.29, 0.717) is 22.8 Å². The molecule has 0 radical (unpaired) electrons. The number of nitrogens with zero attached hydrogens (tertiary/aromatic N) is 1. The number of halogens is 1. The minimum Gasteiger partial charge on any atom is -0.462 e. The molecule has 2 aromatic carbocycles. The van der Waals surface area contributed by atoms with Gasteiger partial charge < -0.3 is 4.74 Å². The third-order valence-electron chi connectivity index (χ3n) is 2.26. The Labute approximate surface area is 123 Å². The predicted molar refractivity (Wildman–Crippen MR) is 78.6 cm³/mol. The van der Waals surface area contributed by atoms with Crippen LogP contribution in [0.2, 0.25) is 5.02 Å². The van der Waals surface area contributed by atoms with Gasteiger partial charge in [-0.2, -0.15) is 5.26 Å². The number of rotatable bonds is 2. The second-order valence-electron chi connectivity index (χ2n) is 3.71. The Morgan fingerprint density at radius 1 is 1.15 bits per heavy atom. The first-order valence-corrected chi connectivity index (χ1v) is 6.43. The number of esters is 1. The minimum atomic E-state index is -0.311. The lowest BCUT2D eigenvalue weighted by molar-refractivity contribution is 0.0526. The van der Waals surface area contributed by atoms with Gasteiger partial charge >= 0.3 is 5.97 Å². The van der Waals surface area contributed by atoms with Crippen molar-refractivity contribution < 1.29 is 9.53 Å². The summed E-state index contributed by atoms with van der Waals surface area (Å²) in [4.78, 5) is 11.1. The van der Waals surface area contributed by atoms with Gasteiger partial charge in [-0.1, -0.05) is 29.8 Å². The molecule has 2 rings (SSSR count). The quantitative estimate of drug-likeness (QED) is 0.782. The maximum Gasteiger partial charge on any atom is 0.338 e. The molecule has 102 valence electrons. The van der Waals surface area contributed by atoms with Crippen LogP contribution in [0.4, 0.5) is 0 Å². The Balaban J connectivity index is 0.000000217. The number of nitriles is 1. The van der Waals surface area contributed by atoms with Crippen molar-refractivity contribution in [3.05, 3.63) is 70.7 Å². The molecule has 20 heavy (non-hydrogen) atoms. The Morgan fingerprint density at radius 2 is 1.75 bits per heavy atom. The lowest BCUT2D eigenvalue weighted by atomic mass is 10.2. The molecule has 0 aliphatic heterocycles. The fourth-order valence-electron chi connectivity index (χ4n) is 1.31. The number of benzene rings is 2. The summed E-state index contributed by atoms with van der Waals surface area (Å²) in [5, 5.41) is 8.90. The normalized spacial score (nSPS) is 8.85. The first kappa shape index (κ1) is 15.7. The van der Waals surface area contributed by atoms with Crippen molar-refractivity contribution in [2.24, 2.45) is 0 Å². The fraction of sp³-hybridized carbons (Fsp3) is 0.125. The SMILES string of the molecule is CCOC(=O)c1ccc(Cl)cc1.N#Cc1ccccc1. The number of hydrogen-bond donors (Lipinski definition) is 0. The molecular formula is C16H14ClNO2. The standard InChI is InChI=1S/C9H9ClO2.C7H5N/c1-2-12-9(11)7-3-5-8(10)6-4-7;8-6-7-4-2-1-3-5-7/h3-6H,2H2,1H3;1-5H. The number of carbonyl (C=O) groups is 1. The van der Waals surface area contributed by atoms with E-state index in [1.54, 1.807) is 43.3 Å². The van der Waals surface area contributed by atoms with Gasteiger partial charge in [-0.25, -0.2) is 4.79 Å². The molecule has 0 bridgehead atoms. The summed E-state index contributed by atoms with van der Waals surface area (Å²) >= 11 is 5.64. The molecule has 0 aliphatic rings. The topological polar surface area (TPSA) is 50.1 Å². The molecule has 0 aliphatic carbocycles. The van der Waals surface area contributed by atoms with Gasteiger partial charge in [0.25, 0.3) is 0 Å². The molecule has 0 atom stereocenters. The summed E-state index contributed by atoms with van der Waals surface area (Å²) in [6.07, 6.45) is 0. The summed E-state index contributed by atoms with van der Waals surface area (Å²) in [7, 11) is 0. The van der Waals surface area contributed by atoms with Gasteiger partial charge in [0.1, 0.15) is 0 Å². The van der Waals surface area contributed by atoms with Gasteiger partial charge in [0, 0.05) is 5.02 Å². The molecule has 0 saturated heterocycles. The third kappa shape index (κ3) is 5.55. The zero-order chi connectivity index (χ0) is 14.8. The first-order valence-electron chi connectivity index (χ1n) is 6.05. The van der Waals surface area contributed by atoms with Crippen LogP contribution in [0.1, 0.15) is 22.8 Å². The van der Waals surface area contributed by atoms with Crippen LogP contribution in [0.25, 0.3) is 0 Å². The van der Waals surface area contributed by atoms with E-state index in [1.807, 2.05) is 24.3 Å².